The summed E-state index contributed by atoms with van der Waals surface area (Å²) in [6.07, 6.45) is -0.514. The fourth-order valence-electron chi connectivity index (χ4n) is 2.21. The molecule has 2 heterocycles. The summed E-state index contributed by atoms with van der Waals surface area (Å²) in [5.74, 6) is -0.914. The van der Waals surface area contributed by atoms with Gasteiger partial charge in [-0.3, -0.25) is 4.79 Å². The zero-order valence-electron chi connectivity index (χ0n) is 12.1. The number of ether oxygens (including phenoxy) is 1. The van der Waals surface area contributed by atoms with E-state index in [2.05, 4.69) is 4.98 Å². The third-order valence-corrected chi connectivity index (χ3v) is 4.28. The minimum atomic E-state index is -0.914. The van der Waals surface area contributed by atoms with Crippen LogP contribution in [0.5, 0.6) is 0 Å². The minimum Gasteiger partial charge on any atom is -0.481 e. The van der Waals surface area contributed by atoms with Crippen LogP contribution < -0.4 is 0 Å². The van der Waals surface area contributed by atoms with Crippen LogP contribution in [0.3, 0.4) is 0 Å². The quantitative estimate of drug-likeness (QED) is 0.902. The summed E-state index contributed by atoms with van der Waals surface area (Å²) in [5, 5.41) is 8.80. The Bertz CT molecular complexity index is 519. The van der Waals surface area contributed by atoms with E-state index >= 15 is 0 Å². The number of carboxylic acid groups (broad SMARTS) is 1. The molecule has 116 valence electrons. The standard InChI is InChI=1S/C13H19N3O4S/c1-9-11(21-8-14-9)7-15(2)13(19)16-3-4-20-10(6-16)5-12(17)18/h8,10H,3-7H2,1-2H3,(H,17,18). The van der Waals surface area contributed by atoms with Gasteiger partial charge in [-0.1, -0.05) is 0 Å². The number of rotatable bonds is 4. The van der Waals surface area contributed by atoms with E-state index in [1.54, 1.807) is 22.4 Å². The Labute approximate surface area is 127 Å². The third-order valence-electron chi connectivity index (χ3n) is 3.36. The van der Waals surface area contributed by atoms with Crippen molar-refractivity contribution in [3.8, 4) is 0 Å². The van der Waals surface area contributed by atoms with Gasteiger partial charge in [0.05, 0.1) is 36.9 Å². The monoisotopic (exact) mass is 313 g/mol. The van der Waals surface area contributed by atoms with Crippen LogP contribution in [0.25, 0.3) is 0 Å². The number of amides is 2. The number of aryl methyl sites for hydroxylation is 1. The lowest BCUT2D eigenvalue weighted by Gasteiger charge is -2.34. The highest BCUT2D eigenvalue weighted by Gasteiger charge is 2.27. The van der Waals surface area contributed by atoms with E-state index in [0.717, 1.165) is 10.6 Å². The van der Waals surface area contributed by atoms with Crippen LogP contribution in [0.4, 0.5) is 4.79 Å². The largest absolute Gasteiger partial charge is 0.481 e. The van der Waals surface area contributed by atoms with Gasteiger partial charge in [0, 0.05) is 25.0 Å². The van der Waals surface area contributed by atoms with Crippen molar-refractivity contribution < 1.29 is 19.4 Å². The van der Waals surface area contributed by atoms with Crippen LogP contribution in [-0.2, 0) is 16.1 Å². The molecule has 1 unspecified atom stereocenters. The second kappa shape index (κ2) is 6.86. The third kappa shape index (κ3) is 4.15. The number of morpholine rings is 1. The summed E-state index contributed by atoms with van der Waals surface area (Å²) in [7, 11) is 1.74. The molecule has 1 saturated heterocycles. The van der Waals surface area contributed by atoms with Gasteiger partial charge in [0.25, 0.3) is 0 Å². The second-order valence-electron chi connectivity index (χ2n) is 5.04. The molecule has 1 aromatic heterocycles. The first-order valence-electron chi connectivity index (χ1n) is 6.69. The molecule has 8 heteroatoms. The van der Waals surface area contributed by atoms with E-state index in [1.165, 1.54) is 11.3 Å². The second-order valence-corrected chi connectivity index (χ2v) is 5.98. The van der Waals surface area contributed by atoms with Crippen molar-refractivity contribution in [1.29, 1.82) is 0 Å². The molecule has 1 aliphatic heterocycles. The molecule has 0 saturated carbocycles. The number of hydrogen-bond donors (Lipinski definition) is 1. The van der Waals surface area contributed by atoms with E-state index in [0.29, 0.717) is 26.2 Å². The van der Waals surface area contributed by atoms with E-state index in [4.69, 9.17) is 9.84 Å². The SMILES string of the molecule is Cc1ncsc1CN(C)C(=O)N1CCOC(CC(=O)O)C1. The maximum Gasteiger partial charge on any atom is 0.320 e. The molecular formula is C13H19N3O4S. The van der Waals surface area contributed by atoms with Gasteiger partial charge < -0.3 is 19.6 Å². The van der Waals surface area contributed by atoms with Gasteiger partial charge in [-0.05, 0) is 6.92 Å². The topological polar surface area (TPSA) is 83.0 Å². The molecule has 0 aliphatic carbocycles. The van der Waals surface area contributed by atoms with Gasteiger partial charge in [-0.25, -0.2) is 9.78 Å². The van der Waals surface area contributed by atoms with Gasteiger partial charge >= 0.3 is 12.0 Å². The highest BCUT2D eigenvalue weighted by Crippen LogP contribution is 2.16. The lowest BCUT2D eigenvalue weighted by molar-refractivity contribution is -0.141. The number of aliphatic carboxylic acids is 1. The van der Waals surface area contributed by atoms with E-state index in [1.807, 2.05) is 6.92 Å². The first-order valence-corrected chi connectivity index (χ1v) is 7.57. The number of thiazole rings is 1. The van der Waals surface area contributed by atoms with Crippen molar-refractivity contribution in [1.82, 2.24) is 14.8 Å². The van der Waals surface area contributed by atoms with Crippen LogP contribution in [-0.4, -0.2) is 64.7 Å². The fraction of sp³-hybridized carbons (Fsp3) is 0.615. The molecule has 1 atom stereocenters. The Morgan fingerprint density at radius 2 is 2.38 bits per heavy atom. The molecule has 1 fully saturated rings. The highest BCUT2D eigenvalue weighted by atomic mass is 32.1. The summed E-state index contributed by atoms with van der Waals surface area (Å²) in [6, 6.07) is -0.110. The predicted octanol–water partition coefficient (Wildman–Crippen LogP) is 1.18. The van der Waals surface area contributed by atoms with Crippen LogP contribution in [0.1, 0.15) is 17.0 Å². The van der Waals surface area contributed by atoms with E-state index in [-0.39, 0.29) is 12.5 Å². The zero-order valence-corrected chi connectivity index (χ0v) is 12.9. The van der Waals surface area contributed by atoms with Crippen molar-refractivity contribution in [3.63, 3.8) is 0 Å². The van der Waals surface area contributed by atoms with Crippen molar-refractivity contribution >= 4 is 23.3 Å². The molecule has 1 aromatic rings. The Morgan fingerprint density at radius 1 is 1.62 bits per heavy atom. The summed E-state index contributed by atoms with van der Waals surface area (Å²) in [4.78, 5) is 31.6. The number of hydrogen-bond acceptors (Lipinski definition) is 5. The Balaban J connectivity index is 1.92. The number of carbonyl (C=O) groups excluding carboxylic acids is 1. The molecular weight excluding hydrogens is 294 g/mol. The summed E-state index contributed by atoms with van der Waals surface area (Å²) >= 11 is 1.52. The molecule has 2 amide bonds. The summed E-state index contributed by atoms with van der Waals surface area (Å²) in [6.45, 7) is 3.60. The molecule has 2 rings (SSSR count). The Kier molecular flexibility index (Phi) is 5.13. The molecule has 21 heavy (non-hydrogen) atoms. The smallest absolute Gasteiger partial charge is 0.320 e. The number of carbonyl (C=O) groups is 2. The summed E-state index contributed by atoms with van der Waals surface area (Å²) in [5.41, 5.74) is 2.70. The van der Waals surface area contributed by atoms with E-state index < -0.39 is 12.1 Å². The molecule has 1 aliphatic rings. The molecule has 7 nitrogen and oxygen atoms in total. The highest BCUT2D eigenvalue weighted by molar-refractivity contribution is 7.09. The molecule has 0 spiro atoms. The molecule has 0 bridgehead atoms. The van der Waals surface area contributed by atoms with Gasteiger partial charge in [-0.2, -0.15) is 0 Å². The van der Waals surface area contributed by atoms with Crippen molar-refractivity contribution in [2.24, 2.45) is 0 Å². The maximum atomic E-state index is 12.4. The van der Waals surface area contributed by atoms with Gasteiger partial charge in [0.2, 0.25) is 0 Å². The number of carboxylic acids is 1. The molecule has 0 radical (unpaired) electrons. The minimum absolute atomic E-state index is 0.0819. The van der Waals surface area contributed by atoms with Crippen LogP contribution in [0.15, 0.2) is 5.51 Å². The van der Waals surface area contributed by atoms with Crippen LogP contribution >= 0.6 is 11.3 Å². The van der Waals surface area contributed by atoms with Gasteiger partial charge in [-0.15, -0.1) is 11.3 Å². The molecule has 0 aromatic carbocycles. The molecule has 1 N–H and O–H groups in total. The maximum absolute atomic E-state index is 12.4. The lowest BCUT2D eigenvalue weighted by atomic mass is 10.2. The first-order chi connectivity index (χ1) is 9.97. The van der Waals surface area contributed by atoms with Gasteiger partial charge in [0.1, 0.15) is 0 Å². The van der Waals surface area contributed by atoms with Crippen molar-refractivity contribution in [2.45, 2.75) is 26.0 Å². The van der Waals surface area contributed by atoms with Gasteiger partial charge in [0.15, 0.2) is 0 Å². The number of aromatic nitrogens is 1. The first kappa shape index (κ1) is 15.7. The predicted molar refractivity (Wildman–Crippen MR) is 77.3 cm³/mol. The number of urea groups is 1. The normalized spacial score (nSPS) is 18.6. The fourth-order valence-corrected chi connectivity index (χ4v) is 3.04. The summed E-state index contributed by atoms with van der Waals surface area (Å²) < 4.78 is 5.37. The Morgan fingerprint density at radius 3 is 3.00 bits per heavy atom. The Hall–Kier alpha value is -1.67. The van der Waals surface area contributed by atoms with E-state index in [9.17, 15) is 9.59 Å². The average Bonchev–Trinajstić information content (AvgIpc) is 2.83. The van der Waals surface area contributed by atoms with Crippen LogP contribution in [0, 0.1) is 6.92 Å². The van der Waals surface area contributed by atoms with Crippen LogP contribution in [0.2, 0.25) is 0 Å². The lowest BCUT2D eigenvalue weighted by Crippen LogP contribution is -2.50. The van der Waals surface area contributed by atoms with Crippen molar-refractivity contribution in [2.75, 3.05) is 26.7 Å². The number of nitrogens with zero attached hydrogens (tertiary/aromatic N) is 3. The van der Waals surface area contributed by atoms with Crippen molar-refractivity contribution in [3.05, 3.63) is 16.1 Å². The average molecular weight is 313 g/mol. The zero-order chi connectivity index (χ0) is 15.4.